The van der Waals surface area contributed by atoms with Crippen LogP contribution in [0.3, 0.4) is 0 Å². The molecule has 0 bridgehead atoms. The van der Waals surface area contributed by atoms with Crippen molar-refractivity contribution in [1.29, 1.82) is 0 Å². The van der Waals surface area contributed by atoms with E-state index in [1.54, 1.807) is 24.4 Å². The largest absolute Gasteiger partial charge is 0.419 e. The summed E-state index contributed by atoms with van der Waals surface area (Å²) >= 11 is 0. The number of hydrogen-bond acceptors (Lipinski definition) is 5. The predicted octanol–water partition coefficient (Wildman–Crippen LogP) is 2.52. The smallest absolute Gasteiger partial charge is 0.266 e. The Morgan fingerprint density at radius 1 is 1.08 bits per heavy atom. The van der Waals surface area contributed by atoms with Crippen molar-refractivity contribution in [3.63, 3.8) is 0 Å². The van der Waals surface area contributed by atoms with Crippen molar-refractivity contribution in [2.24, 2.45) is 0 Å². The van der Waals surface area contributed by atoms with Crippen LogP contribution in [0.1, 0.15) is 16.2 Å². The number of halogens is 3. The van der Waals surface area contributed by atoms with Crippen LogP contribution >= 0.6 is 0 Å². The first-order chi connectivity index (χ1) is 12.1. The van der Waals surface area contributed by atoms with Gasteiger partial charge in [-0.3, -0.25) is 9.78 Å². The van der Waals surface area contributed by atoms with Crippen LogP contribution in [-0.4, -0.2) is 27.6 Å². The van der Waals surface area contributed by atoms with Crippen molar-refractivity contribution < 1.29 is 22.4 Å². The fraction of sp³-hybridized carbons (Fsp3) is 0.125. The third-order valence-corrected chi connectivity index (χ3v) is 3.26. The van der Waals surface area contributed by atoms with Gasteiger partial charge in [-0.25, -0.2) is 13.2 Å². The fourth-order valence-electron chi connectivity index (χ4n) is 2.03. The van der Waals surface area contributed by atoms with Crippen LogP contribution in [0.4, 0.5) is 13.2 Å². The Hall–Kier alpha value is -3.23. The van der Waals surface area contributed by atoms with Crippen LogP contribution in [0.25, 0.3) is 11.6 Å². The highest BCUT2D eigenvalue weighted by atomic mass is 19.2. The molecule has 1 N–H and O–H groups in total. The van der Waals surface area contributed by atoms with Gasteiger partial charge in [-0.2, -0.15) is 0 Å². The van der Waals surface area contributed by atoms with Gasteiger partial charge >= 0.3 is 0 Å². The molecule has 2 aromatic heterocycles. The quantitative estimate of drug-likeness (QED) is 0.717. The van der Waals surface area contributed by atoms with Crippen LogP contribution in [-0.2, 0) is 6.42 Å². The van der Waals surface area contributed by atoms with Crippen LogP contribution < -0.4 is 5.32 Å². The van der Waals surface area contributed by atoms with E-state index in [4.69, 9.17) is 4.42 Å². The molecular weight excluding hydrogens is 337 g/mol. The van der Waals surface area contributed by atoms with E-state index in [0.29, 0.717) is 11.8 Å². The minimum Gasteiger partial charge on any atom is -0.419 e. The summed E-state index contributed by atoms with van der Waals surface area (Å²) in [6.07, 6.45) is 1.76. The molecule has 2 heterocycles. The molecule has 0 saturated carbocycles. The second-order valence-corrected chi connectivity index (χ2v) is 4.94. The first kappa shape index (κ1) is 16.6. The average molecular weight is 348 g/mol. The second kappa shape index (κ2) is 7.12. The molecule has 0 aliphatic carbocycles. The molecule has 25 heavy (non-hydrogen) atoms. The van der Waals surface area contributed by atoms with Gasteiger partial charge in [0, 0.05) is 19.2 Å². The van der Waals surface area contributed by atoms with Gasteiger partial charge in [0.05, 0.1) is 5.56 Å². The molecule has 1 aromatic carbocycles. The van der Waals surface area contributed by atoms with Gasteiger partial charge in [0.2, 0.25) is 5.89 Å². The lowest BCUT2D eigenvalue weighted by atomic mass is 10.2. The summed E-state index contributed by atoms with van der Waals surface area (Å²) in [6, 6.07) is 6.76. The topological polar surface area (TPSA) is 80.9 Å². The zero-order chi connectivity index (χ0) is 17.8. The number of rotatable bonds is 5. The highest BCUT2D eigenvalue weighted by Gasteiger charge is 2.18. The van der Waals surface area contributed by atoms with Crippen molar-refractivity contribution in [1.82, 2.24) is 20.5 Å². The van der Waals surface area contributed by atoms with Gasteiger partial charge in [-0.05, 0) is 24.3 Å². The lowest BCUT2D eigenvalue weighted by molar-refractivity contribution is 0.0948. The average Bonchev–Trinajstić information content (AvgIpc) is 3.09. The normalized spacial score (nSPS) is 10.7. The zero-order valence-electron chi connectivity index (χ0n) is 12.7. The summed E-state index contributed by atoms with van der Waals surface area (Å²) in [4.78, 5) is 15.9. The molecule has 6 nitrogen and oxygen atoms in total. The molecule has 0 radical (unpaired) electrons. The fourth-order valence-corrected chi connectivity index (χ4v) is 2.03. The number of hydrogen-bond donors (Lipinski definition) is 1. The molecule has 0 saturated heterocycles. The lowest BCUT2D eigenvalue weighted by Crippen LogP contribution is -2.27. The Morgan fingerprint density at radius 3 is 2.68 bits per heavy atom. The zero-order valence-corrected chi connectivity index (χ0v) is 12.7. The monoisotopic (exact) mass is 348 g/mol. The van der Waals surface area contributed by atoms with Crippen molar-refractivity contribution in [3.05, 3.63) is 65.4 Å². The highest BCUT2D eigenvalue weighted by Crippen LogP contribution is 2.16. The number of carbonyl (C=O) groups is 1. The standard InChI is InChI=1S/C16H11F3N4O2/c17-10-5-4-9(13(18)14(10)19)15(24)21-8-6-12-22-23-16(25-12)11-3-1-2-7-20-11/h1-5,7H,6,8H2,(H,21,24). The van der Waals surface area contributed by atoms with Crippen molar-refractivity contribution >= 4 is 5.91 Å². The molecule has 9 heteroatoms. The minimum absolute atomic E-state index is 0.0428. The van der Waals surface area contributed by atoms with Gasteiger partial charge in [-0.15, -0.1) is 10.2 Å². The van der Waals surface area contributed by atoms with Gasteiger partial charge in [0.15, 0.2) is 17.5 Å². The van der Waals surface area contributed by atoms with Crippen molar-refractivity contribution in [3.8, 4) is 11.6 Å². The van der Waals surface area contributed by atoms with E-state index in [0.717, 1.165) is 6.07 Å². The first-order valence-electron chi connectivity index (χ1n) is 7.21. The number of nitrogens with zero attached hydrogens (tertiary/aromatic N) is 3. The number of aromatic nitrogens is 3. The van der Waals surface area contributed by atoms with Crippen LogP contribution in [0.5, 0.6) is 0 Å². The van der Waals surface area contributed by atoms with E-state index in [2.05, 4.69) is 20.5 Å². The molecule has 1 amide bonds. The Labute approximate surface area is 139 Å². The predicted molar refractivity (Wildman–Crippen MR) is 79.9 cm³/mol. The summed E-state index contributed by atoms with van der Waals surface area (Å²) in [5.41, 5.74) is -0.0762. The molecule has 3 rings (SSSR count). The maximum atomic E-state index is 13.5. The SMILES string of the molecule is O=C(NCCc1nnc(-c2ccccn2)o1)c1ccc(F)c(F)c1F. The Balaban J connectivity index is 1.59. The summed E-state index contributed by atoms with van der Waals surface area (Å²) in [5.74, 6) is -4.99. The minimum atomic E-state index is -1.69. The number of benzene rings is 1. The van der Waals surface area contributed by atoms with Crippen LogP contribution in [0, 0.1) is 17.5 Å². The summed E-state index contributed by atoms with van der Waals surface area (Å²) in [5, 5.41) is 10.0. The molecular formula is C16H11F3N4O2. The maximum Gasteiger partial charge on any atom is 0.266 e. The molecule has 0 spiro atoms. The van der Waals surface area contributed by atoms with Crippen LogP contribution in [0.2, 0.25) is 0 Å². The van der Waals surface area contributed by atoms with E-state index in [1.807, 2.05) is 0 Å². The van der Waals surface area contributed by atoms with E-state index in [-0.39, 0.29) is 24.7 Å². The van der Waals surface area contributed by atoms with Crippen molar-refractivity contribution in [2.75, 3.05) is 6.54 Å². The molecule has 0 aliphatic rings. The Morgan fingerprint density at radius 2 is 1.92 bits per heavy atom. The third-order valence-electron chi connectivity index (χ3n) is 3.26. The summed E-state index contributed by atoms with van der Waals surface area (Å²) < 4.78 is 44.9. The Bertz CT molecular complexity index is 900. The van der Waals surface area contributed by atoms with E-state index < -0.39 is 28.9 Å². The number of carbonyl (C=O) groups excluding carboxylic acids is 1. The van der Waals surface area contributed by atoms with Crippen LogP contribution in [0.15, 0.2) is 40.9 Å². The Kier molecular flexibility index (Phi) is 4.73. The molecule has 0 aliphatic heterocycles. The van der Waals surface area contributed by atoms with E-state index in [9.17, 15) is 18.0 Å². The van der Waals surface area contributed by atoms with Gasteiger partial charge in [0.25, 0.3) is 11.8 Å². The van der Waals surface area contributed by atoms with E-state index >= 15 is 0 Å². The maximum absolute atomic E-state index is 13.5. The van der Waals surface area contributed by atoms with Gasteiger partial charge in [-0.1, -0.05) is 6.07 Å². The molecule has 0 unspecified atom stereocenters. The molecule has 0 fully saturated rings. The third kappa shape index (κ3) is 3.65. The highest BCUT2D eigenvalue weighted by molar-refractivity contribution is 5.94. The van der Waals surface area contributed by atoms with Crippen molar-refractivity contribution in [2.45, 2.75) is 6.42 Å². The number of pyridine rings is 1. The first-order valence-corrected chi connectivity index (χ1v) is 7.21. The second-order valence-electron chi connectivity index (χ2n) is 4.94. The summed E-state index contributed by atoms with van der Waals surface area (Å²) in [7, 11) is 0. The van der Waals surface area contributed by atoms with Gasteiger partial charge in [0.1, 0.15) is 5.69 Å². The van der Waals surface area contributed by atoms with E-state index in [1.165, 1.54) is 0 Å². The molecule has 3 aromatic rings. The number of nitrogens with one attached hydrogen (secondary N) is 1. The number of amides is 1. The summed E-state index contributed by atoms with van der Waals surface area (Å²) in [6.45, 7) is 0.0428. The van der Waals surface area contributed by atoms with Gasteiger partial charge < -0.3 is 9.73 Å². The lowest BCUT2D eigenvalue weighted by Gasteiger charge is -2.05. The molecule has 0 atom stereocenters. The molecule has 128 valence electrons.